The molecule has 2 N–H and O–H groups in total. The van der Waals surface area contributed by atoms with E-state index in [9.17, 15) is 4.79 Å². The van der Waals surface area contributed by atoms with Crippen molar-refractivity contribution in [2.75, 3.05) is 0 Å². The SMILES string of the molecule is CC(C)[C@H](NC(=O)c1cccc(OCc2cscn2)c1)c1nc2ccccc2[nH]1. The highest BCUT2D eigenvalue weighted by Crippen LogP contribution is 2.23. The van der Waals surface area contributed by atoms with Gasteiger partial charge in [0.05, 0.1) is 28.3 Å². The van der Waals surface area contributed by atoms with Crippen LogP contribution in [0.5, 0.6) is 5.75 Å². The van der Waals surface area contributed by atoms with Gasteiger partial charge in [-0.3, -0.25) is 4.79 Å². The van der Waals surface area contributed by atoms with Crippen LogP contribution in [0.25, 0.3) is 11.0 Å². The second-order valence-electron chi connectivity index (χ2n) is 7.13. The molecule has 148 valence electrons. The third-order valence-corrected chi connectivity index (χ3v) is 5.26. The summed E-state index contributed by atoms with van der Waals surface area (Å²) in [4.78, 5) is 25.1. The summed E-state index contributed by atoms with van der Waals surface area (Å²) in [5, 5.41) is 5.05. The van der Waals surface area contributed by atoms with Crippen LogP contribution >= 0.6 is 11.3 Å². The second kappa shape index (κ2) is 8.45. The van der Waals surface area contributed by atoms with Gasteiger partial charge in [-0.05, 0) is 36.2 Å². The fraction of sp³-hybridized carbons (Fsp3) is 0.227. The molecule has 2 aromatic heterocycles. The van der Waals surface area contributed by atoms with Gasteiger partial charge in [-0.2, -0.15) is 0 Å². The normalized spacial score (nSPS) is 12.2. The summed E-state index contributed by atoms with van der Waals surface area (Å²) in [6.45, 7) is 4.50. The number of carbonyl (C=O) groups is 1. The molecular formula is C22H22N4O2S. The first-order valence-corrected chi connectivity index (χ1v) is 10.4. The van der Waals surface area contributed by atoms with Gasteiger partial charge < -0.3 is 15.0 Å². The van der Waals surface area contributed by atoms with Gasteiger partial charge in [0.2, 0.25) is 0 Å². The maximum atomic E-state index is 12.9. The minimum atomic E-state index is -0.227. The Morgan fingerprint density at radius 3 is 2.83 bits per heavy atom. The number of H-pyrrole nitrogens is 1. The van der Waals surface area contributed by atoms with Gasteiger partial charge >= 0.3 is 0 Å². The number of aromatic nitrogens is 3. The van der Waals surface area contributed by atoms with Crippen molar-refractivity contribution in [2.45, 2.75) is 26.5 Å². The molecule has 0 radical (unpaired) electrons. The Balaban J connectivity index is 1.49. The lowest BCUT2D eigenvalue weighted by molar-refractivity contribution is 0.0923. The van der Waals surface area contributed by atoms with Gasteiger partial charge in [0.15, 0.2) is 0 Å². The van der Waals surface area contributed by atoms with E-state index in [4.69, 9.17) is 4.74 Å². The number of nitrogens with one attached hydrogen (secondary N) is 2. The maximum absolute atomic E-state index is 12.9. The molecule has 1 atom stereocenters. The average molecular weight is 407 g/mol. The fourth-order valence-electron chi connectivity index (χ4n) is 3.09. The molecule has 0 aliphatic carbocycles. The number of para-hydroxylation sites is 2. The van der Waals surface area contributed by atoms with Gasteiger partial charge in [0.1, 0.15) is 18.2 Å². The predicted octanol–water partition coefficient (Wildman–Crippen LogP) is 4.73. The van der Waals surface area contributed by atoms with E-state index in [1.807, 2.05) is 41.8 Å². The lowest BCUT2D eigenvalue weighted by Crippen LogP contribution is -2.32. The zero-order chi connectivity index (χ0) is 20.2. The van der Waals surface area contributed by atoms with Crippen molar-refractivity contribution in [1.82, 2.24) is 20.3 Å². The van der Waals surface area contributed by atoms with Crippen molar-refractivity contribution in [3.05, 3.63) is 76.5 Å². The Morgan fingerprint density at radius 1 is 1.21 bits per heavy atom. The van der Waals surface area contributed by atoms with Crippen molar-refractivity contribution in [2.24, 2.45) is 5.92 Å². The quantitative estimate of drug-likeness (QED) is 0.465. The van der Waals surface area contributed by atoms with Crippen molar-refractivity contribution in [1.29, 1.82) is 0 Å². The van der Waals surface area contributed by atoms with E-state index in [2.05, 4.69) is 34.1 Å². The van der Waals surface area contributed by atoms with Gasteiger partial charge in [-0.15, -0.1) is 11.3 Å². The average Bonchev–Trinajstić information content (AvgIpc) is 3.39. The van der Waals surface area contributed by atoms with E-state index in [1.165, 1.54) is 11.3 Å². The van der Waals surface area contributed by atoms with E-state index >= 15 is 0 Å². The minimum absolute atomic E-state index is 0.164. The number of ether oxygens (including phenoxy) is 1. The monoisotopic (exact) mass is 406 g/mol. The molecule has 0 aliphatic rings. The summed E-state index contributed by atoms with van der Waals surface area (Å²) in [5.41, 5.74) is 5.03. The highest BCUT2D eigenvalue weighted by molar-refractivity contribution is 7.07. The summed E-state index contributed by atoms with van der Waals surface area (Å²) in [7, 11) is 0. The predicted molar refractivity (Wildman–Crippen MR) is 114 cm³/mol. The Bertz CT molecular complexity index is 1070. The summed E-state index contributed by atoms with van der Waals surface area (Å²) in [5.74, 6) is 1.40. The largest absolute Gasteiger partial charge is 0.487 e. The number of benzene rings is 2. The first kappa shape index (κ1) is 19.1. The molecule has 4 aromatic rings. The number of rotatable bonds is 7. The van der Waals surface area contributed by atoms with Crippen LogP contribution < -0.4 is 10.1 Å². The molecule has 0 unspecified atom stereocenters. The Hall–Kier alpha value is -3.19. The number of fused-ring (bicyclic) bond motifs is 1. The van der Waals surface area contributed by atoms with E-state index in [-0.39, 0.29) is 17.9 Å². The van der Waals surface area contributed by atoms with E-state index in [0.717, 1.165) is 22.6 Å². The molecule has 1 amide bonds. The number of nitrogens with zero attached hydrogens (tertiary/aromatic N) is 2. The van der Waals surface area contributed by atoms with Crippen molar-refractivity contribution in [3.8, 4) is 5.75 Å². The summed E-state index contributed by atoms with van der Waals surface area (Å²) in [6.07, 6.45) is 0. The molecule has 4 rings (SSSR count). The Labute approximate surface area is 173 Å². The molecule has 0 spiro atoms. The number of amides is 1. The van der Waals surface area contributed by atoms with Gasteiger partial charge in [-0.25, -0.2) is 9.97 Å². The van der Waals surface area contributed by atoms with Crippen LogP contribution in [0.1, 0.15) is 41.8 Å². The molecule has 29 heavy (non-hydrogen) atoms. The zero-order valence-electron chi connectivity index (χ0n) is 16.3. The highest BCUT2D eigenvalue weighted by Gasteiger charge is 2.22. The molecule has 0 fully saturated rings. The molecule has 0 bridgehead atoms. The molecule has 7 heteroatoms. The van der Waals surface area contributed by atoms with Gasteiger partial charge in [0.25, 0.3) is 5.91 Å². The third kappa shape index (κ3) is 4.46. The molecule has 0 saturated carbocycles. The van der Waals surface area contributed by atoms with E-state index in [1.54, 1.807) is 17.6 Å². The first-order valence-electron chi connectivity index (χ1n) is 9.45. The zero-order valence-corrected chi connectivity index (χ0v) is 17.1. The van der Waals surface area contributed by atoms with Crippen LogP contribution in [0.2, 0.25) is 0 Å². The summed E-state index contributed by atoms with van der Waals surface area (Å²) >= 11 is 1.53. The number of hydrogen-bond donors (Lipinski definition) is 2. The standard InChI is InChI=1S/C22H22N4O2S/c1-14(2)20(21-24-18-8-3-4-9-19(18)25-21)26-22(27)15-6-5-7-17(10-15)28-11-16-12-29-13-23-16/h3-10,12-14,20H,11H2,1-2H3,(H,24,25)(H,26,27)/t20-/m0/s1. The molecule has 0 aliphatic heterocycles. The second-order valence-corrected chi connectivity index (χ2v) is 7.85. The van der Waals surface area contributed by atoms with Crippen LogP contribution in [-0.4, -0.2) is 20.9 Å². The van der Waals surface area contributed by atoms with Gasteiger partial charge in [-0.1, -0.05) is 32.0 Å². The topological polar surface area (TPSA) is 79.9 Å². The number of thiazole rings is 1. The van der Waals surface area contributed by atoms with Crippen LogP contribution in [0.15, 0.2) is 59.4 Å². The number of aromatic amines is 1. The molecule has 2 heterocycles. The first-order chi connectivity index (χ1) is 14.1. The van der Waals surface area contributed by atoms with E-state index in [0.29, 0.717) is 17.9 Å². The number of imidazole rings is 1. The Kier molecular flexibility index (Phi) is 5.57. The molecule has 2 aromatic carbocycles. The van der Waals surface area contributed by atoms with Crippen molar-refractivity contribution in [3.63, 3.8) is 0 Å². The maximum Gasteiger partial charge on any atom is 0.252 e. The van der Waals surface area contributed by atoms with Gasteiger partial charge in [0, 0.05) is 10.9 Å². The Morgan fingerprint density at radius 2 is 2.07 bits per heavy atom. The minimum Gasteiger partial charge on any atom is -0.487 e. The van der Waals surface area contributed by atoms with E-state index < -0.39 is 0 Å². The molecule has 6 nitrogen and oxygen atoms in total. The highest BCUT2D eigenvalue weighted by atomic mass is 32.1. The smallest absolute Gasteiger partial charge is 0.252 e. The molecular weight excluding hydrogens is 384 g/mol. The number of carbonyl (C=O) groups excluding carboxylic acids is 1. The third-order valence-electron chi connectivity index (χ3n) is 4.62. The van der Waals surface area contributed by atoms with Crippen LogP contribution in [0.4, 0.5) is 0 Å². The number of hydrogen-bond acceptors (Lipinski definition) is 5. The van der Waals surface area contributed by atoms with Crippen molar-refractivity contribution < 1.29 is 9.53 Å². The van der Waals surface area contributed by atoms with Crippen LogP contribution in [0.3, 0.4) is 0 Å². The fourth-order valence-corrected chi connectivity index (χ4v) is 3.63. The summed E-state index contributed by atoms with van der Waals surface area (Å²) in [6, 6.07) is 14.8. The van der Waals surface area contributed by atoms with Crippen LogP contribution in [-0.2, 0) is 6.61 Å². The van der Waals surface area contributed by atoms with Crippen molar-refractivity contribution >= 4 is 28.3 Å². The lowest BCUT2D eigenvalue weighted by Gasteiger charge is -2.20. The lowest BCUT2D eigenvalue weighted by atomic mass is 10.0. The van der Waals surface area contributed by atoms with Crippen LogP contribution in [0, 0.1) is 5.92 Å². The summed E-state index contributed by atoms with van der Waals surface area (Å²) < 4.78 is 5.76. The molecule has 0 saturated heterocycles.